The number of hydrogen-bond donors (Lipinski definition) is 0. The minimum atomic E-state index is -1.12. The molecule has 1 aliphatic rings. The summed E-state index contributed by atoms with van der Waals surface area (Å²) in [5.74, 6) is 0. The lowest BCUT2D eigenvalue weighted by Crippen LogP contribution is -2.53. The van der Waals surface area contributed by atoms with Crippen molar-refractivity contribution in [1.29, 1.82) is 0 Å². The topological polar surface area (TPSA) is 12.5 Å². The molecule has 0 aliphatic carbocycles. The Bertz CT molecular complexity index is 244. The Balaban J connectivity index is 2.21. The second-order valence-electron chi connectivity index (χ2n) is 5.94. The molecule has 0 aromatic rings. The minimum Gasteiger partial charge on any atom is -0.379 e. The van der Waals surface area contributed by atoms with E-state index in [-0.39, 0.29) is 9.52 Å². The van der Waals surface area contributed by atoms with Gasteiger partial charge >= 0.3 is 0 Å². The van der Waals surface area contributed by atoms with Crippen LogP contribution in [0.15, 0.2) is 11.3 Å². The first-order chi connectivity index (χ1) is 8.02. The molecular weight excluding hydrogens is 242 g/mol. The summed E-state index contributed by atoms with van der Waals surface area (Å²) in [7, 11) is -1.04. The molecule has 0 aromatic carbocycles. The molecule has 0 unspecified atom stereocenters. The minimum absolute atomic E-state index is 0.0835. The van der Waals surface area contributed by atoms with Crippen LogP contribution in [0, 0.1) is 0 Å². The zero-order valence-electron chi connectivity index (χ0n) is 12.1. The van der Waals surface area contributed by atoms with E-state index in [1.807, 2.05) is 0 Å². The fourth-order valence-electron chi connectivity index (χ4n) is 2.42. The third-order valence-corrected chi connectivity index (χ3v) is 9.41. The Morgan fingerprint density at radius 2 is 1.94 bits per heavy atom. The molecule has 0 atom stereocenters. The second-order valence-corrected chi connectivity index (χ2v) is 12.4. The SMILES string of the molecule is CC(C)=C[SiH2]CCC[Si](C)(C)N1CCOCC1. The van der Waals surface area contributed by atoms with Gasteiger partial charge in [0.1, 0.15) is 8.24 Å². The monoisotopic (exact) mass is 271 g/mol. The van der Waals surface area contributed by atoms with Gasteiger partial charge in [-0.15, -0.1) is 5.70 Å². The van der Waals surface area contributed by atoms with Crippen molar-refractivity contribution in [2.24, 2.45) is 0 Å². The van der Waals surface area contributed by atoms with Crippen LogP contribution in [-0.4, -0.2) is 48.6 Å². The van der Waals surface area contributed by atoms with Crippen LogP contribution < -0.4 is 0 Å². The van der Waals surface area contributed by atoms with E-state index in [1.165, 1.54) is 37.2 Å². The third kappa shape index (κ3) is 5.99. The number of allylic oxidation sites excluding steroid dienone is 1. The molecule has 0 amide bonds. The van der Waals surface area contributed by atoms with Gasteiger partial charge in [-0.1, -0.05) is 31.1 Å². The average molecular weight is 272 g/mol. The predicted molar refractivity (Wildman–Crippen MR) is 82.1 cm³/mol. The Morgan fingerprint density at radius 1 is 1.29 bits per heavy atom. The summed E-state index contributed by atoms with van der Waals surface area (Å²) < 4.78 is 8.18. The highest BCUT2D eigenvalue weighted by Crippen LogP contribution is 2.20. The van der Waals surface area contributed by atoms with Gasteiger partial charge in [0.15, 0.2) is 0 Å². The van der Waals surface area contributed by atoms with Crippen LogP contribution in [0.4, 0.5) is 0 Å². The Labute approximate surface area is 110 Å². The van der Waals surface area contributed by atoms with Crippen molar-refractivity contribution in [3.05, 3.63) is 11.3 Å². The lowest BCUT2D eigenvalue weighted by molar-refractivity contribution is 0.0688. The van der Waals surface area contributed by atoms with Crippen LogP contribution >= 0.6 is 0 Å². The number of nitrogens with zero attached hydrogens (tertiary/aromatic N) is 1. The molecule has 0 saturated carbocycles. The maximum absolute atomic E-state index is 5.44. The van der Waals surface area contributed by atoms with Crippen molar-refractivity contribution in [2.45, 2.75) is 45.5 Å². The van der Waals surface area contributed by atoms with Crippen molar-refractivity contribution in [3.63, 3.8) is 0 Å². The number of morpholine rings is 1. The quantitative estimate of drug-likeness (QED) is 0.543. The van der Waals surface area contributed by atoms with E-state index in [1.54, 1.807) is 0 Å². The second kappa shape index (κ2) is 7.51. The van der Waals surface area contributed by atoms with Crippen molar-refractivity contribution >= 4 is 17.8 Å². The molecule has 0 spiro atoms. The Kier molecular flexibility index (Phi) is 6.69. The molecule has 100 valence electrons. The van der Waals surface area contributed by atoms with Crippen LogP contribution in [-0.2, 0) is 4.74 Å². The van der Waals surface area contributed by atoms with Crippen LogP contribution in [0.2, 0.25) is 25.2 Å². The summed E-state index contributed by atoms with van der Waals surface area (Å²) in [6.45, 7) is 13.7. The standard InChI is InChI=1S/C13H29NOSi2/c1-13(2)12-16-10-5-11-17(3,4)14-6-8-15-9-7-14/h12H,5-11,16H2,1-4H3. The van der Waals surface area contributed by atoms with Gasteiger partial charge in [0, 0.05) is 22.6 Å². The van der Waals surface area contributed by atoms with Gasteiger partial charge in [0.2, 0.25) is 0 Å². The van der Waals surface area contributed by atoms with E-state index in [9.17, 15) is 0 Å². The van der Waals surface area contributed by atoms with Crippen LogP contribution in [0.25, 0.3) is 0 Å². The molecule has 1 saturated heterocycles. The Morgan fingerprint density at radius 3 is 2.53 bits per heavy atom. The van der Waals surface area contributed by atoms with Gasteiger partial charge in [-0.05, 0) is 19.9 Å². The number of rotatable bonds is 6. The highest BCUT2D eigenvalue weighted by Gasteiger charge is 2.29. The number of hydrogen-bond acceptors (Lipinski definition) is 2. The summed E-state index contributed by atoms with van der Waals surface area (Å²) in [6.07, 6.45) is 1.45. The molecule has 2 nitrogen and oxygen atoms in total. The molecule has 1 heterocycles. The lowest BCUT2D eigenvalue weighted by atomic mass is 10.4. The van der Waals surface area contributed by atoms with E-state index in [4.69, 9.17) is 4.74 Å². The first kappa shape index (κ1) is 15.2. The number of ether oxygens (including phenoxy) is 1. The van der Waals surface area contributed by atoms with Crippen molar-refractivity contribution in [3.8, 4) is 0 Å². The van der Waals surface area contributed by atoms with E-state index in [2.05, 4.69) is 37.2 Å². The molecule has 0 bridgehead atoms. The van der Waals surface area contributed by atoms with Gasteiger partial charge in [-0.2, -0.15) is 0 Å². The molecule has 0 N–H and O–H groups in total. The summed E-state index contributed by atoms with van der Waals surface area (Å²) in [4.78, 5) is 0. The van der Waals surface area contributed by atoms with Crippen molar-refractivity contribution in [2.75, 3.05) is 26.3 Å². The molecule has 0 radical (unpaired) electrons. The van der Waals surface area contributed by atoms with E-state index < -0.39 is 8.24 Å². The first-order valence-electron chi connectivity index (χ1n) is 6.98. The fraction of sp³-hybridized carbons (Fsp3) is 0.846. The summed E-state index contributed by atoms with van der Waals surface area (Å²) >= 11 is 0. The normalized spacial score (nSPS) is 18.8. The van der Waals surface area contributed by atoms with Crippen LogP contribution in [0.3, 0.4) is 0 Å². The smallest absolute Gasteiger partial charge is 0.122 e. The molecule has 1 aliphatic heterocycles. The summed E-state index contributed by atoms with van der Waals surface area (Å²) in [5.41, 5.74) is 4.02. The molecule has 17 heavy (non-hydrogen) atoms. The van der Waals surface area contributed by atoms with E-state index in [0.29, 0.717) is 0 Å². The Hall–Kier alpha value is 0.0938. The van der Waals surface area contributed by atoms with Gasteiger partial charge < -0.3 is 9.30 Å². The van der Waals surface area contributed by atoms with Gasteiger partial charge in [-0.25, -0.2) is 0 Å². The molecule has 0 aromatic heterocycles. The van der Waals surface area contributed by atoms with Gasteiger partial charge in [-0.3, -0.25) is 0 Å². The van der Waals surface area contributed by atoms with Crippen LogP contribution in [0.1, 0.15) is 20.3 Å². The van der Waals surface area contributed by atoms with E-state index in [0.717, 1.165) is 13.2 Å². The van der Waals surface area contributed by atoms with Crippen molar-refractivity contribution < 1.29 is 4.74 Å². The predicted octanol–water partition coefficient (Wildman–Crippen LogP) is 2.42. The van der Waals surface area contributed by atoms with E-state index >= 15 is 0 Å². The maximum Gasteiger partial charge on any atom is 0.122 e. The zero-order valence-corrected chi connectivity index (χ0v) is 14.5. The maximum atomic E-state index is 5.44. The third-order valence-electron chi connectivity index (χ3n) is 3.66. The van der Waals surface area contributed by atoms with Crippen molar-refractivity contribution in [1.82, 2.24) is 4.57 Å². The fourth-order valence-corrected chi connectivity index (χ4v) is 7.06. The first-order valence-corrected chi connectivity index (χ1v) is 12.0. The molecule has 1 rings (SSSR count). The highest BCUT2D eigenvalue weighted by molar-refractivity contribution is 6.74. The zero-order chi connectivity index (χ0) is 12.7. The molecule has 4 heteroatoms. The largest absolute Gasteiger partial charge is 0.379 e. The van der Waals surface area contributed by atoms with Gasteiger partial charge in [0.05, 0.1) is 13.2 Å². The van der Waals surface area contributed by atoms with Gasteiger partial charge in [0.25, 0.3) is 0 Å². The molecule has 1 fully saturated rings. The molecular formula is C13H29NOSi2. The van der Waals surface area contributed by atoms with Crippen LogP contribution in [0.5, 0.6) is 0 Å². The summed E-state index contributed by atoms with van der Waals surface area (Å²) in [6, 6.07) is 2.96. The highest BCUT2D eigenvalue weighted by atomic mass is 28.3. The summed E-state index contributed by atoms with van der Waals surface area (Å²) in [5, 5.41) is 0. The lowest BCUT2D eigenvalue weighted by Gasteiger charge is -2.39. The average Bonchev–Trinajstić information content (AvgIpc) is 2.29.